The van der Waals surface area contributed by atoms with E-state index >= 15 is 0 Å². The van der Waals surface area contributed by atoms with Crippen molar-refractivity contribution in [3.8, 4) is 0 Å². The van der Waals surface area contributed by atoms with Crippen LogP contribution in [0.3, 0.4) is 0 Å². The molecule has 1 aromatic carbocycles. The number of fused-ring (bicyclic) bond motifs is 3. The van der Waals surface area contributed by atoms with Gasteiger partial charge in [0, 0.05) is 4.47 Å². The predicted molar refractivity (Wildman–Crippen MR) is 68.5 cm³/mol. The van der Waals surface area contributed by atoms with Crippen LogP contribution >= 0.6 is 15.9 Å². The van der Waals surface area contributed by atoms with Gasteiger partial charge in [-0.1, -0.05) is 28.1 Å². The minimum absolute atomic E-state index is 0.322. The maximum Gasteiger partial charge on any atom is 0.0648 e. The topological polar surface area (TPSA) is 20.2 Å². The summed E-state index contributed by atoms with van der Waals surface area (Å²) in [5.74, 6) is 0. The summed E-state index contributed by atoms with van der Waals surface area (Å²) in [5.41, 5.74) is 1.51. The molecule has 1 nitrogen and oxygen atoms in total. The zero-order valence-corrected chi connectivity index (χ0v) is 11.0. The molecule has 86 valence electrons. The van der Waals surface area contributed by atoms with Crippen LogP contribution in [0, 0.1) is 0 Å². The summed E-state index contributed by atoms with van der Waals surface area (Å²) in [6, 6.07) is 8.78. The second-order valence-corrected chi connectivity index (χ2v) is 6.43. The Balaban J connectivity index is 1.92. The fourth-order valence-corrected chi connectivity index (χ4v) is 3.67. The van der Waals surface area contributed by atoms with Gasteiger partial charge in [-0.3, -0.25) is 0 Å². The van der Waals surface area contributed by atoms with Crippen molar-refractivity contribution < 1.29 is 5.11 Å². The number of benzene rings is 1. The highest BCUT2D eigenvalue weighted by Gasteiger charge is 2.48. The first-order valence-corrected chi connectivity index (χ1v) is 6.90. The summed E-state index contributed by atoms with van der Waals surface area (Å²) < 4.78 is 1.15. The van der Waals surface area contributed by atoms with Gasteiger partial charge in [0.25, 0.3) is 0 Å². The smallest absolute Gasteiger partial charge is 0.0648 e. The van der Waals surface area contributed by atoms with E-state index in [9.17, 15) is 5.11 Å². The Hall–Kier alpha value is -0.340. The Bertz CT molecular complexity index is 371. The fourth-order valence-electron chi connectivity index (χ4n) is 3.40. The Kier molecular flexibility index (Phi) is 2.41. The van der Waals surface area contributed by atoms with E-state index in [2.05, 4.69) is 40.2 Å². The Morgan fingerprint density at radius 3 is 1.88 bits per heavy atom. The van der Waals surface area contributed by atoms with Gasteiger partial charge in [-0.05, 0) is 61.6 Å². The highest BCUT2D eigenvalue weighted by atomic mass is 79.9. The molecule has 0 amide bonds. The van der Waals surface area contributed by atoms with Crippen LogP contribution in [0.4, 0.5) is 0 Å². The van der Waals surface area contributed by atoms with Crippen molar-refractivity contribution in [1.82, 2.24) is 0 Å². The lowest BCUT2D eigenvalue weighted by Crippen LogP contribution is -2.48. The lowest BCUT2D eigenvalue weighted by atomic mass is 9.56. The number of hydrogen-bond donors (Lipinski definition) is 1. The maximum atomic E-state index is 10.2. The van der Waals surface area contributed by atoms with Gasteiger partial charge < -0.3 is 5.11 Å². The van der Waals surface area contributed by atoms with Gasteiger partial charge in [0.15, 0.2) is 0 Å². The van der Waals surface area contributed by atoms with Crippen LogP contribution in [0.1, 0.15) is 44.1 Å². The van der Waals surface area contributed by atoms with E-state index in [4.69, 9.17) is 0 Å². The summed E-state index contributed by atoms with van der Waals surface area (Å²) in [6.07, 6.45) is 6.44. The number of rotatable bonds is 1. The highest BCUT2D eigenvalue weighted by molar-refractivity contribution is 9.10. The molecule has 3 fully saturated rings. The molecule has 0 aromatic heterocycles. The zero-order chi connectivity index (χ0) is 11.2. The zero-order valence-electron chi connectivity index (χ0n) is 9.38. The molecule has 0 unspecified atom stereocenters. The fraction of sp³-hybridized carbons (Fsp3) is 0.571. The molecule has 0 atom stereocenters. The van der Waals surface area contributed by atoms with Crippen molar-refractivity contribution in [3.63, 3.8) is 0 Å². The number of hydrogen-bond acceptors (Lipinski definition) is 1. The molecule has 16 heavy (non-hydrogen) atoms. The summed E-state index contributed by atoms with van der Waals surface area (Å²) in [7, 11) is 0. The van der Waals surface area contributed by atoms with Crippen molar-refractivity contribution in [3.05, 3.63) is 34.3 Å². The van der Waals surface area contributed by atoms with Gasteiger partial charge in [-0.2, -0.15) is 0 Å². The molecule has 2 heteroatoms. The standard InChI is InChI=1S/C14H17BrO/c15-12-3-1-11(2-4-12)13-5-8-14(16,9-6-13)10-7-13/h1-4,16H,5-10H2. The molecule has 0 saturated heterocycles. The van der Waals surface area contributed by atoms with Crippen LogP contribution in [-0.2, 0) is 5.41 Å². The normalized spacial score (nSPS) is 37.6. The third-order valence-electron chi connectivity index (χ3n) is 4.66. The second kappa shape index (κ2) is 3.58. The first kappa shape index (κ1) is 10.8. The van der Waals surface area contributed by atoms with Crippen molar-refractivity contribution in [2.75, 3.05) is 0 Å². The Labute approximate surface area is 105 Å². The molecule has 0 spiro atoms. The maximum absolute atomic E-state index is 10.2. The van der Waals surface area contributed by atoms with Crippen LogP contribution < -0.4 is 0 Å². The van der Waals surface area contributed by atoms with Gasteiger partial charge in [0.05, 0.1) is 5.60 Å². The van der Waals surface area contributed by atoms with E-state index < -0.39 is 0 Å². The van der Waals surface area contributed by atoms with Gasteiger partial charge >= 0.3 is 0 Å². The minimum atomic E-state index is -0.322. The van der Waals surface area contributed by atoms with E-state index in [-0.39, 0.29) is 5.60 Å². The van der Waals surface area contributed by atoms with Gasteiger partial charge in [0.1, 0.15) is 0 Å². The lowest BCUT2D eigenvalue weighted by molar-refractivity contribution is -0.0660. The van der Waals surface area contributed by atoms with Gasteiger partial charge in [-0.15, -0.1) is 0 Å². The van der Waals surface area contributed by atoms with E-state index in [0.29, 0.717) is 5.41 Å². The van der Waals surface area contributed by atoms with E-state index in [1.54, 1.807) is 0 Å². The van der Waals surface area contributed by atoms with E-state index in [1.165, 1.54) is 5.56 Å². The SMILES string of the molecule is OC12CCC(c3ccc(Br)cc3)(CC1)CC2. The molecular formula is C14H17BrO. The Morgan fingerprint density at radius 1 is 0.875 bits per heavy atom. The Morgan fingerprint density at radius 2 is 1.38 bits per heavy atom. The monoisotopic (exact) mass is 280 g/mol. The largest absolute Gasteiger partial charge is 0.390 e. The number of halogens is 1. The van der Waals surface area contributed by atoms with Crippen molar-refractivity contribution >= 4 is 15.9 Å². The highest BCUT2D eigenvalue weighted by Crippen LogP contribution is 2.53. The molecule has 3 aliphatic rings. The van der Waals surface area contributed by atoms with Gasteiger partial charge in [-0.25, -0.2) is 0 Å². The van der Waals surface area contributed by atoms with Crippen LogP contribution in [-0.4, -0.2) is 10.7 Å². The average molecular weight is 281 g/mol. The van der Waals surface area contributed by atoms with Crippen molar-refractivity contribution in [1.29, 1.82) is 0 Å². The first-order chi connectivity index (χ1) is 7.62. The summed E-state index contributed by atoms with van der Waals surface area (Å²) >= 11 is 3.49. The van der Waals surface area contributed by atoms with E-state index in [0.717, 1.165) is 43.0 Å². The third-order valence-corrected chi connectivity index (χ3v) is 5.19. The molecule has 4 rings (SSSR count). The third kappa shape index (κ3) is 1.63. The minimum Gasteiger partial charge on any atom is -0.390 e. The van der Waals surface area contributed by atoms with Crippen molar-refractivity contribution in [2.24, 2.45) is 0 Å². The van der Waals surface area contributed by atoms with Crippen LogP contribution in [0.25, 0.3) is 0 Å². The molecule has 0 heterocycles. The summed E-state index contributed by atoms with van der Waals surface area (Å²) in [6.45, 7) is 0. The molecule has 3 aliphatic carbocycles. The lowest BCUT2D eigenvalue weighted by Gasteiger charge is -2.51. The van der Waals surface area contributed by atoms with E-state index in [1.807, 2.05) is 0 Å². The molecule has 2 bridgehead atoms. The summed E-state index contributed by atoms with van der Waals surface area (Å²) in [4.78, 5) is 0. The quantitative estimate of drug-likeness (QED) is 0.830. The molecule has 1 aromatic rings. The molecular weight excluding hydrogens is 264 g/mol. The molecule has 0 aliphatic heterocycles. The first-order valence-electron chi connectivity index (χ1n) is 6.11. The summed E-state index contributed by atoms with van der Waals surface area (Å²) in [5, 5.41) is 10.2. The molecule has 0 radical (unpaired) electrons. The van der Waals surface area contributed by atoms with Crippen LogP contribution in [0.2, 0.25) is 0 Å². The molecule has 3 saturated carbocycles. The number of aliphatic hydroxyl groups is 1. The molecule has 1 N–H and O–H groups in total. The second-order valence-electron chi connectivity index (χ2n) is 5.51. The van der Waals surface area contributed by atoms with Crippen molar-refractivity contribution in [2.45, 2.75) is 49.5 Å². The van der Waals surface area contributed by atoms with Gasteiger partial charge in [0.2, 0.25) is 0 Å². The predicted octanol–water partition coefficient (Wildman–Crippen LogP) is 3.79. The van der Waals surface area contributed by atoms with Crippen LogP contribution in [0.15, 0.2) is 28.7 Å². The average Bonchev–Trinajstić information content (AvgIpc) is 2.31. The van der Waals surface area contributed by atoms with Crippen LogP contribution in [0.5, 0.6) is 0 Å².